The van der Waals surface area contributed by atoms with E-state index in [0.717, 1.165) is 28.6 Å². The summed E-state index contributed by atoms with van der Waals surface area (Å²) in [4.78, 5) is 0. The molecule has 0 aliphatic carbocycles. The average Bonchev–Trinajstić information content (AvgIpc) is 2.27. The summed E-state index contributed by atoms with van der Waals surface area (Å²) in [5.74, 6) is 0.942. The molecular weight excluding hydrogens is 278 g/mol. The number of rotatable bonds is 6. The predicted molar refractivity (Wildman–Crippen MR) is 76.7 cm³/mol. The van der Waals surface area contributed by atoms with Gasteiger partial charge < -0.3 is 10.5 Å². The van der Waals surface area contributed by atoms with Crippen LogP contribution in [0.5, 0.6) is 5.75 Å². The van der Waals surface area contributed by atoms with Crippen molar-refractivity contribution in [1.29, 1.82) is 0 Å². The van der Waals surface area contributed by atoms with Gasteiger partial charge in [0.05, 0.1) is 0 Å². The summed E-state index contributed by atoms with van der Waals surface area (Å²) in [6, 6.07) is 6.36. The Morgan fingerprint density at radius 3 is 2.82 bits per heavy atom. The Kier molecular flexibility index (Phi) is 5.72. The van der Waals surface area contributed by atoms with E-state index < -0.39 is 0 Å². The molecule has 0 bridgehead atoms. The number of ether oxygens (including phenoxy) is 1. The topological polar surface area (TPSA) is 35.2 Å². The molecule has 1 unspecified atom stereocenters. The fourth-order valence-corrected chi connectivity index (χ4v) is 1.77. The van der Waals surface area contributed by atoms with Crippen LogP contribution in [0.25, 0.3) is 0 Å². The molecule has 0 aliphatic heterocycles. The van der Waals surface area contributed by atoms with Crippen LogP contribution >= 0.6 is 15.9 Å². The Morgan fingerprint density at radius 1 is 1.53 bits per heavy atom. The molecule has 0 radical (unpaired) electrons. The molecule has 0 heterocycles. The first kappa shape index (κ1) is 14.3. The van der Waals surface area contributed by atoms with Crippen LogP contribution < -0.4 is 10.5 Å². The first-order valence-corrected chi connectivity index (χ1v) is 6.64. The van der Waals surface area contributed by atoms with Gasteiger partial charge in [0.25, 0.3) is 0 Å². The highest BCUT2D eigenvalue weighted by molar-refractivity contribution is 9.11. The van der Waals surface area contributed by atoms with Gasteiger partial charge in [-0.15, -0.1) is 0 Å². The number of para-hydroxylation sites is 1. The van der Waals surface area contributed by atoms with Crippen molar-refractivity contribution in [2.75, 3.05) is 6.61 Å². The molecule has 1 atom stereocenters. The van der Waals surface area contributed by atoms with Crippen LogP contribution in [0.3, 0.4) is 0 Å². The van der Waals surface area contributed by atoms with Crippen LogP contribution in [0.4, 0.5) is 0 Å². The number of nitrogens with two attached hydrogens (primary N) is 1. The van der Waals surface area contributed by atoms with Crippen molar-refractivity contribution in [3.63, 3.8) is 0 Å². The summed E-state index contributed by atoms with van der Waals surface area (Å²) in [6.07, 6.45) is 1.82. The minimum Gasteiger partial charge on any atom is -0.488 e. The molecule has 3 heteroatoms. The molecule has 0 saturated heterocycles. The molecular formula is C14H20BrNO. The van der Waals surface area contributed by atoms with Gasteiger partial charge in [-0.25, -0.2) is 0 Å². The highest BCUT2D eigenvalue weighted by atomic mass is 79.9. The van der Waals surface area contributed by atoms with Gasteiger partial charge in [-0.3, -0.25) is 0 Å². The fraction of sp³-hybridized carbons (Fsp3) is 0.429. The molecule has 0 amide bonds. The molecule has 94 valence electrons. The third-order valence-electron chi connectivity index (χ3n) is 2.67. The van der Waals surface area contributed by atoms with Gasteiger partial charge in [-0.2, -0.15) is 0 Å². The molecule has 0 spiro atoms. The zero-order valence-electron chi connectivity index (χ0n) is 10.5. The predicted octanol–water partition coefficient (Wildman–Crippen LogP) is 3.56. The molecule has 2 nitrogen and oxygen atoms in total. The smallest absolute Gasteiger partial charge is 0.125 e. The van der Waals surface area contributed by atoms with Crippen LogP contribution in [-0.4, -0.2) is 12.6 Å². The maximum atomic E-state index is 6.00. The number of hydrogen-bond donors (Lipinski definition) is 1. The van der Waals surface area contributed by atoms with E-state index in [4.69, 9.17) is 10.5 Å². The van der Waals surface area contributed by atoms with Gasteiger partial charge in [-0.05, 0) is 30.9 Å². The van der Waals surface area contributed by atoms with Gasteiger partial charge in [0, 0.05) is 10.5 Å². The number of halogens is 1. The van der Waals surface area contributed by atoms with Crippen LogP contribution in [0.15, 0.2) is 29.3 Å². The quantitative estimate of drug-likeness (QED) is 0.871. The monoisotopic (exact) mass is 297 g/mol. The SMILES string of the molecule is C=C(Br)COc1c(C)cccc1CC(N)CC. The maximum Gasteiger partial charge on any atom is 0.125 e. The molecule has 17 heavy (non-hydrogen) atoms. The fourth-order valence-electron chi connectivity index (χ4n) is 1.66. The van der Waals surface area contributed by atoms with E-state index >= 15 is 0 Å². The molecule has 1 aromatic rings. The van der Waals surface area contributed by atoms with Crippen molar-refractivity contribution in [3.05, 3.63) is 40.4 Å². The third-order valence-corrected chi connectivity index (χ3v) is 2.90. The molecule has 0 aromatic heterocycles. The zero-order valence-corrected chi connectivity index (χ0v) is 12.1. The van der Waals surface area contributed by atoms with Crippen LogP contribution in [0.2, 0.25) is 0 Å². The van der Waals surface area contributed by atoms with Gasteiger partial charge in [0.15, 0.2) is 0 Å². The second-order valence-electron chi connectivity index (χ2n) is 4.24. The Labute approximate surface area is 112 Å². The first-order chi connectivity index (χ1) is 8.04. The van der Waals surface area contributed by atoms with Crippen molar-refractivity contribution >= 4 is 15.9 Å². The van der Waals surface area contributed by atoms with Crippen molar-refractivity contribution < 1.29 is 4.74 Å². The maximum absolute atomic E-state index is 6.00. The van der Waals surface area contributed by atoms with Crippen molar-refractivity contribution in [1.82, 2.24) is 0 Å². The Balaban J connectivity index is 2.87. The molecule has 0 aliphatic rings. The molecule has 2 N–H and O–H groups in total. The summed E-state index contributed by atoms with van der Waals surface area (Å²) in [6.45, 7) is 8.41. The van der Waals surface area contributed by atoms with E-state index in [1.54, 1.807) is 0 Å². The van der Waals surface area contributed by atoms with E-state index in [0.29, 0.717) is 6.61 Å². The normalized spacial score (nSPS) is 12.2. The van der Waals surface area contributed by atoms with Crippen LogP contribution in [0, 0.1) is 6.92 Å². The molecule has 1 rings (SSSR count). The lowest BCUT2D eigenvalue weighted by atomic mass is 10.0. The highest BCUT2D eigenvalue weighted by Gasteiger charge is 2.10. The molecule has 0 saturated carbocycles. The van der Waals surface area contributed by atoms with Crippen molar-refractivity contribution in [2.45, 2.75) is 32.7 Å². The summed E-state index contributed by atoms with van der Waals surface area (Å²) in [5, 5.41) is 0. The minimum atomic E-state index is 0.186. The zero-order chi connectivity index (χ0) is 12.8. The summed E-state index contributed by atoms with van der Waals surface area (Å²) in [5.41, 5.74) is 8.31. The van der Waals surface area contributed by atoms with Gasteiger partial charge in [0.1, 0.15) is 12.4 Å². The second kappa shape index (κ2) is 6.82. The average molecular weight is 298 g/mol. The second-order valence-corrected chi connectivity index (χ2v) is 5.36. The first-order valence-electron chi connectivity index (χ1n) is 5.84. The molecule has 1 aromatic carbocycles. The standard InChI is InChI=1S/C14H20BrNO/c1-4-13(16)8-12-7-5-6-10(2)14(12)17-9-11(3)15/h5-7,13H,3-4,8-9,16H2,1-2H3. The van der Waals surface area contributed by atoms with Crippen LogP contribution in [-0.2, 0) is 6.42 Å². The van der Waals surface area contributed by atoms with Crippen molar-refractivity contribution in [2.24, 2.45) is 5.73 Å². The summed E-state index contributed by atoms with van der Waals surface area (Å²) in [7, 11) is 0. The Morgan fingerprint density at radius 2 is 2.24 bits per heavy atom. The van der Waals surface area contributed by atoms with Crippen molar-refractivity contribution in [3.8, 4) is 5.75 Å². The van der Waals surface area contributed by atoms with E-state index in [9.17, 15) is 0 Å². The van der Waals surface area contributed by atoms with Gasteiger partial charge >= 0.3 is 0 Å². The lowest BCUT2D eigenvalue weighted by molar-refractivity contribution is 0.353. The number of hydrogen-bond acceptors (Lipinski definition) is 2. The van der Waals surface area contributed by atoms with Gasteiger partial charge in [-0.1, -0.05) is 47.6 Å². The minimum absolute atomic E-state index is 0.186. The third kappa shape index (κ3) is 4.52. The Bertz CT molecular complexity index is 390. The van der Waals surface area contributed by atoms with E-state index in [-0.39, 0.29) is 6.04 Å². The van der Waals surface area contributed by atoms with E-state index in [1.165, 1.54) is 5.56 Å². The van der Waals surface area contributed by atoms with E-state index in [2.05, 4.69) is 35.5 Å². The summed E-state index contributed by atoms with van der Waals surface area (Å²) >= 11 is 3.30. The number of aryl methyl sites for hydroxylation is 1. The van der Waals surface area contributed by atoms with Crippen LogP contribution in [0.1, 0.15) is 24.5 Å². The summed E-state index contributed by atoms with van der Waals surface area (Å²) < 4.78 is 6.61. The van der Waals surface area contributed by atoms with E-state index in [1.807, 2.05) is 19.1 Å². The lowest BCUT2D eigenvalue weighted by Gasteiger charge is -2.16. The largest absolute Gasteiger partial charge is 0.488 e. The van der Waals surface area contributed by atoms with Gasteiger partial charge in [0.2, 0.25) is 0 Å². The lowest BCUT2D eigenvalue weighted by Crippen LogP contribution is -2.22. The molecule has 0 fully saturated rings. The number of benzene rings is 1. The highest BCUT2D eigenvalue weighted by Crippen LogP contribution is 2.25. The Hall–Kier alpha value is -0.800.